The number of carbonyl (C=O) groups excluding carboxylic acids is 2. The van der Waals surface area contributed by atoms with E-state index in [1.54, 1.807) is 54.6 Å². The van der Waals surface area contributed by atoms with Gasteiger partial charge in [-0.25, -0.2) is 18.7 Å². The molecule has 0 N–H and O–H groups in total. The van der Waals surface area contributed by atoms with Crippen molar-refractivity contribution in [1.82, 2.24) is 9.78 Å². The maximum absolute atomic E-state index is 13.7. The van der Waals surface area contributed by atoms with Crippen molar-refractivity contribution in [2.24, 2.45) is 0 Å². The lowest BCUT2D eigenvalue weighted by Crippen LogP contribution is -2.15. The van der Waals surface area contributed by atoms with Gasteiger partial charge in [0.2, 0.25) is 0 Å². The number of carbonyl (C=O) groups is 2. The summed E-state index contributed by atoms with van der Waals surface area (Å²) in [6, 6.07) is 19.9. The van der Waals surface area contributed by atoms with E-state index >= 15 is 0 Å². The fourth-order valence-electron chi connectivity index (χ4n) is 3.74. The van der Waals surface area contributed by atoms with Crippen molar-refractivity contribution in [2.75, 3.05) is 21.3 Å². The lowest BCUT2D eigenvalue weighted by Gasteiger charge is -2.15. The zero-order chi connectivity index (χ0) is 25.7. The summed E-state index contributed by atoms with van der Waals surface area (Å²) in [5, 5.41) is 4.61. The molecule has 0 fully saturated rings. The van der Waals surface area contributed by atoms with Crippen LogP contribution in [-0.2, 0) is 16.1 Å². The molecule has 0 saturated carbocycles. The van der Waals surface area contributed by atoms with Gasteiger partial charge in [0.05, 0.1) is 27.0 Å². The molecule has 8 nitrogen and oxygen atoms in total. The largest absolute Gasteiger partial charge is 0.493 e. The molecule has 3 aromatic carbocycles. The predicted octanol–water partition coefficient (Wildman–Crippen LogP) is 4.84. The van der Waals surface area contributed by atoms with E-state index in [0.717, 1.165) is 0 Å². The van der Waals surface area contributed by atoms with Crippen LogP contribution in [0.4, 0.5) is 4.39 Å². The van der Waals surface area contributed by atoms with Crippen LogP contribution in [0.25, 0.3) is 16.9 Å². The molecule has 0 unspecified atom stereocenters. The molecule has 0 aliphatic heterocycles. The van der Waals surface area contributed by atoms with E-state index in [1.165, 1.54) is 38.1 Å². The Morgan fingerprint density at radius 3 is 2.28 bits per heavy atom. The second kappa shape index (κ2) is 10.7. The standard InChI is InChI=1S/C27H23FN2O6/c1-33-21-14-8-13-20(25(21)36-16-17-9-7-10-18(28)15-17)23-22(26(31)34-2)24(27(32)35-3)30(29-23)19-11-5-4-6-12-19/h4-15H,16H2,1-3H3. The predicted molar refractivity (Wildman–Crippen MR) is 129 cm³/mol. The molecule has 0 spiro atoms. The van der Waals surface area contributed by atoms with Crippen molar-refractivity contribution >= 4 is 11.9 Å². The molecule has 0 aliphatic rings. The first-order chi connectivity index (χ1) is 17.5. The summed E-state index contributed by atoms with van der Waals surface area (Å²) >= 11 is 0. The van der Waals surface area contributed by atoms with Crippen LogP contribution in [0.3, 0.4) is 0 Å². The smallest absolute Gasteiger partial charge is 0.357 e. The van der Waals surface area contributed by atoms with Gasteiger partial charge in [0.15, 0.2) is 17.2 Å². The van der Waals surface area contributed by atoms with E-state index in [1.807, 2.05) is 6.07 Å². The molecular formula is C27H23FN2O6. The Morgan fingerprint density at radius 2 is 1.61 bits per heavy atom. The number of methoxy groups -OCH3 is 3. The van der Waals surface area contributed by atoms with Gasteiger partial charge < -0.3 is 18.9 Å². The Bertz CT molecular complexity index is 1400. The highest BCUT2D eigenvalue weighted by atomic mass is 19.1. The van der Waals surface area contributed by atoms with Gasteiger partial charge in [-0.2, -0.15) is 5.10 Å². The minimum absolute atomic E-state index is 0.0158. The highest BCUT2D eigenvalue weighted by Crippen LogP contribution is 2.41. The topological polar surface area (TPSA) is 88.9 Å². The minimum Gasteiger partial charge on any atom is -0.493 e. The van der Waals surface area contributed by atoms with Gasteiger partial charge in [0, 0.05) is 5.56 Å². The third-order valence-electron chi connectivity index (χ3n) is 5.38. The van der Waals surface area contributed by atoms with E-state index in [4.69, 9.17) is 18.9 Å². The highest BCUT2D eigenvalue weighted by molar-refractivity contribution is 6.07. The van der Waals surface area contributed by atoms with Crippen LogP contribution in [0.15, 0.2) is 72.8 Å². The molecule has 4 aromatic rings. The number of para-hydroxylation sites is 2. The molecule has 36 heavy (non-hydrogen) atoms. The average molecular weight is 490 g/mol. The number of hydrogen-bond acceptors (Lipinski definition) is 7. The summed E-state index contributed by atoms with van der Waals surface area (Å²) in [6.45, 7) is 0.0158. The van der Waals surface area contributed by atoms with E-state index in [2.05, 4.69) is 5.10 Å². The summed E-state index contributed by atoms with van der Waals surface area (Å²) in [5.74, 6) is -1.35. The molecule has 0 radical (unpaired) electrons. The van der Waals surface area contributed by atoms with Crippen molar-refractivity contribution < 1.29 is 32.9 Å². The van der Waals surface area contributed by atoms with Crippen LogP contribution in [0, 0.1) is 5.82 Å². The molecule has 4 rings (SSSR count). The molecule has 0 aliphatic carbocycles. The summed E-state index contributed by atoms with van der Waals surface area (Å²) in [6.07, 6.45) is 0. The quantitative estimate of drug-likeness (QED) is 0.327. The second-order valence-corrected chi connectivity index (χ2v) is 7.56. The monoisotopic (exact) mass is 490 g/mol. The molecule has 0 bridgehead atoms. The third-order valence-corrected chi connectivity index (χ3v) is 5.38. The van der Waals surface area contributed by atoms with Gasteiger partial charge in [-0.1, -0.05) is 36.4 Å². The highest BCUT2D eigenvalue weighted by Gasteiger charge is 2.33. The number of nitrogens with zero attached hydrogens (tertiary/aromatic N) is 2. The lowest BCUT2D eigenvalue weighted by molar-refractivity contribution is 0.0549. The lowest BCUT2D eigenvalue weighted by atomic mass is 10.0. The van der Waals surface area contributed by atoms with Gasteiger partial charge in [0.25, 0.3) is 0 Å². The zero-order valence-electron chi connectivity index (χ0n) is 19.9. The van der Waals surface area contributed by atoms with Gasteiger partial charge in [0.1, 0.15) is 23.7 Å². The fourth-order valence-corrected chi connectivity index (χ4v) is 3.74. The van der Waals surface area contributed by atoms with Crippen molar-refractivity contribution in [3.63, 3.8) is 0 Å². The normalized spacial score (nSPS) is 10.6. The molecule has 1 heterocycles. The maximum atomic E-state index is 13.7. The first kappa shape index (κ1) is 24.5. The molecule has 9 heteroatoms. The summed E-state index contributed by atoms with van der Waals surface area (Å²) < 4.78 is 36.5. The van der Waals surface area contributed by atoms with Crippen molar-refractivity contribution in [1.29, 1.82) is 0 Å². The van der Waals surface area contributed by atoms with E-state index in [9.17, 15) is 14.0 Å². The number of aromatic nitrogens is 2. The van der Waals surface area contributed by atoms with Gasteiger partial charge >= 0.3 is 11.9 Å². The van der Waals surface area contributed by atoms with Crippen LogP contribution in [0.2, 0.25) is 0 Å². The number of rotatable bonds is 8. The van der Waals surface area contributed by atoms with Gasteiger partial charge in [-0.15, -0.1) is 0 Å². The Balaban J connectivity index is 1.94. The minimum atomic E-state index is -0.786. The summed E-state index contributed by atoms with van der Waals surface area (Å²) in [5.41, 5.74) is 1.40. The molecule has 0 atom stereocenters. The van der Waals surface area contributed by atoms with Crippen LogP contribution in [0.5, 0.6) is 11.5 Å². The van der Waals surface area contributed by atoms with Crippen LogP contribution >= 0.6 is 0 Å². The SMILES string of the molecule is COC(=O)c1c(-c2cccc(OC)c2OCc2cccc(F)c2)nn(-c2ccccc2)c1C(=O)OC. The number of ether oxygens (including phenoxy) is 4. The molecule has 184 valence electrons. The Hall–Kier alpha value is -4.66. The third kappa shape index (κ3) is 4.76. The number of esters is 2. The first-order valence-corrected chi connectivity index (χ1v) is 10.9. The molecule has 0 saturated heterocycles. The number of benzene rings is 3. The second-order valence-electron chi connectivity index (χ2n) is 7.56. The van der Waals surface area contributed by atoms with Crippen LogP contribution in [-0.4, -0.2) is 43.0 Å². The summed E-state index contributed by atoms with van der Waals surface area (Å²) in [7, 11) is 3.89. The number of halogens is 1. The Morgan fingerprint density at radius 1 is 0.889 bits per heavy atom. The van der Waals surface area contributed by atoms with E-state index in [0.29, 0.717) is 22.6 Å². The number of hydrogen-bond donors (Lipinski definition) is 0. The fraction of sp³-hybridized carbons (Fsp3) is 0.148. The van der Waals surface area contributed by atoms with Crippen molar-refractivity contribution in [3.05, 3.63) is 95.4 Å². The average Bonchev–Trinajstić information content (AvgIpc) is 3.32. The van der Waals surface area contributed by atoms with Crippen molar-refractivity contribution in [3.8, 4) is 28.4 Å². The summed E-state index contributed by atoms with van der Waals surface area (Å²) in [4.78, 5) is 25.8. The molecule has 0 amide bonds. The zero-order valence-corrected chi connectivity index (χ0v) is 19.9. The maximum Gasteiger partial charge on any atom is 0.357 e. The van der Waals surface area contributed by atoms with Crippen molar-refractivity contribution in [2.45, 2.75) is 6.61 Å². The van der Waals surface area contributed by atoms with Gasteiger partial charge in [-0.3, -0.25) is 0 Å². The Labute approximate surface area is 206 Å². The molecular weight excluding hydrogens is 467 g/mol. The molecule has 1 aromatic heterocycles. The van der Waals surface area contributed by atoms with Gasteiger partial charge in [-0.05, 0) is 42.0 Å². The Kier molecular flexibility index (Phi) is 7.29. The van der Waals surface area contributed by atoms with E-state index in [-0.39, 0.29) is 29.3 Å². The van der Waals surface area contributed by atoms with Crippen LogP contribution < -0.4 is 9.47 Å². The van der Waals surface area contributed by atoms with E-state index < -0.39 is 17.8 Å². The van der Waals surface area contributed by atoms with Crippen LogP contribution in [0.1, 0.15) is 26.4 Å². The first-order valence-electron chi connectivity index (χ1n) is 10.9.